The quantitative estimate of drug-likeness (QED) is 0.866. The Morgan fingerprint density at radius 3 is 2.50 bits per heavy atom. The second kappa shape index (κ2) is 9.35. The van der Waals surface area contributed by atoms with Crippen molar-refractivity contribution in [3.05, 3.63) is 54.2 Å². The molecular formula is C22H28N4O2. The van der Waals surface area contributed by atoms with Crippen LogP contribution in [0.3, 0.4) is 0 Å². The second-order valence-corrected chi connectivity index (χ2v) is 7.44. The van der Waals surface area contributed by atoms with Gasteiger partial charge in [-0.1, -0.05) is 44.2 Å². The van der Waals surface area contributed by atoms with E-state index in [1.165, 1.54) is 0 Å². The lowest BCUT2D eigenvalue weighted by Crippen LogP contribution is -2.37. The number of amides is 2. The number of nitrogens with one attached hydrogen (secondary N) is 1. The van der Waals surface area contributed by atoms with Gasteiger partial charge in [0.15, 0.2) is 0 Å². The Bertz CT molecular complexity index is 790. The van der Waals surface area contributed by atoms with Crippen molar-refractivity contribution >= 4 is 23.3 Å². The molecule has 2 heterocycles. The summed E-state index contributed by atoms with van der Waals surface area (Å²) >= 11 is 0. The minimum atomic E-state index is -0.0571. The SMILES string of the molecule is CC(C)C(=O)N1CCCN(c2ccc(NC(=O)Cc3ccccc3)cn2)CC1. The Kier molecular flexibility index (Phi) is 6.63. The molecule has 1 aliphatic heterocycles. The number of aromatic nitrogens is 1. The summed E-state index contributed by atoms with van der Waals surface area (Å²) in [4.78, 5) is 33.1. The number of nitrogens with zero attached hydrogens (tertiary/aromatic N) is 3. The average Bonchev–Trinajstić information content (AvgIpc) is 2.95. The zero-order valence-electron chi connectivity index (χ0n) is 16.6. The molecule has 1 N–H and O–H groups in total. The fourth-order valence-electron chi connectivity index (χ4n) is 3.37. The molecule has 6 heteroatoms. The first-order valence-electron chi connectivity index (χ1n) is 9.86. The highest BCUT2D eigenvalue weighted by Crippen LogP contribution is 2.17. The first-order chi connectivity index (χ1) is 13.5. The first kappa shape index (κ1) is 19.9. The summed E-state index contributed by atoms with van der Waals surface area (Å²) < 4.78 is 0. The summed E-state index contributed by atoms with van der Waals surface area (Å²) in [6.45, 7) is 7.03. The molecule has 148 valence electrons. The van der Waals surface area contributed by atoms with E-state index in [1.54, 1.807) is 6.20 Å². The summed E-state index contributed by atoms with van der Waals surface area (Å²) in [5.74, 6) is 1.06. The molecule has 0 saturated carbocycles. The molecule has 0 spiro atoms. The van der Waals surface area contributed by atoms with Crippen LogP contribution < -0.4 is 10.2 Å². The molecule has 0 bridgehead atoms. The molecule has 1 saturated heterocycles. The summed E-state index contributed by atoms with van der Waals surface area (Å²) in [6.07, 6.45) is 2.96. The van der Waals surface area contributed by atoms with Crippen molar-refractivity contribution in [1.29, 1.82) is 0 Å². The lowest BCUT2D eigenvalue weighted by atomic mass is 10.1. The van der Waals surface area contributed by atoms with Gasteiger partial charge in [-0.15, -0.1) is 0 Å². The van der Waals surface area contributed by atoms with Gasteiger partial charge >= 0.3 is 0 Å². The molecule has 1 aliphatic rings. The van der Waals surface area contributed by atoms with Crippen LogP contribution in [-0.2, 0) is 16.0 Å². The Balaban J connectivity index is 1.55. The molecule has 0 aliphatic carbocycles. The molecule has 0 unspecified atom stereocenters. The number of anilines is 2. The molecule has 6 nitrogen and oxygen atoms in total. The molecule has 1 aromatic carbocycles. The third-order valence-corrected chi connectivity index (χ3v) is 4.86. The minimum absolute atomic E-state index is 0.0310. The molecule has 0 atom stereocenters. The van der Waals surface area contributed by atoms with Gasteiger partial charge in [0.05, 0.1) is 18.3 Å². The van der Waals surface area contributed by atoms with Crippen molar-refractivity contribution in [3.63, 3.8) is 0 Å². The number of hydrogen-bond acceptors (Lipinski definition) is 4. The van der Waals surface area contributed by atoms with E-state index in [9.17, 15) is 9.59 Å². The van der Waals surface area contributed by atoms with Crippen molar-refractivity contribution in [1.82, 2.24) is 9.88 Å². The largest absolute Gasteiger partial charge is 0.355 e. The van der Waals surface area contributed by atoms with E-state index < -0.39 is 0 Å². The monoisotopic (exact) mass is 380 g/mol. The highest BCUT2D eigenvalue weighted by atomic mass is 16.2. The molecule has 2 aromatic rings. The molecular weight excluding hydrogens is 352 g/mol. The van der Waals surface area contributed by atoms with Gasteiger partial charge in [0, 0.05) is 32.1 Å². The van der Waals surface area contributed by atoms with E-state index in [1.807, 2.05) is 61.2 Å². The highest BCUT2D eigenvalue weighted by molar-refractivity contribution is 5.92. The van der Waals surface area contributed by atoms with Crippen LogP contribution in [0.4, 0.5) is 11.5 Å². The van der Waals surface area contributed by atoms with E-state index in [2.05, 4.69) is 15.2 Å². The van der Waals surface area contributed by atoms with Gasteiger partial charge in [-0.25, -0.2) is 4.98 Å². The Hall–Kier alpha value is -2.89. The van der Waals surface area contributed by atoms with Gasteiger partial charge < -0.3 is 15.1 Å². The maximum absolute atomic E-state index is 12.2. The van der Waals surface area contributed by atoms with E-state index >= 15 is 0 Å². The number of carbonyl (C=O) groups excluding carboxylic acids is 2. The van der Waals surface area contributed by atoms with Crippen LogP contribution in [0.25, 0.3) is 0 Å². The van der Waals surface area contributed by atoms with Crippen LogP contribution in [0.2, 0.25) is 0 Å². The lowest BCUT2D eigenvalue weighted by Gasteiger charge is -2.24. The van der Waals surface area contributed by atoms with Gasteiger partial charge in [-0.05, 0) is 24.1 Å². The van der Waals surface area contributed by atoms with Gasteiger partial charge in [-0.3, -0.25) is 9.59 Å². The summed E-state index contributed by atoms with van der Waals surface area (Å²) in [7, 11) is 0. The van der Waals surface area contributed by atoms with E-state index in [4.69, 9.17) is 0 Å². The fourth-order valence-corrected chi connectivity index (χ4v) is 3.37. The molecule has 1 aromatic heterocycles. The zero-order chi connectivity index (χ0) is 19.9. The van der Waals surface area contributed by atoms with E-state index in [0.29, 0.717) is 18.7 Å². The normalized spacial score (nSPS) is 14.7. The summed E-state index contributed by atoms with van der Waals surface area (Å²) in [5.41, 5.74) is 1.67. The van der Waals surface area contributed by atoms with Crippen LogP contribution >= 0.6 is 0 Å². The molecule has 0 radical (unpaired) electrons. The predicted molar refractivity (Wildman–Crippen MR) is 111 cm³/mol. The topological polar surface area (TPSA) is 65.5 Å². The Morgan fingerprint density at radius 2 is 1.82 bits per heavy atom. The third kappa shape index (κ3) is 5.31. The van der Waals surface area contributed by atoms with Crippen molar-refractivity contribution in [3.8, 4) is 0 Å². The number of rotatable bonds is 5. The van der Waals surface area contributed by atoms with Crippen LogP contribution in [0, 0.1) is 5.92 Å². The van der Waals surface area contributed by atoms with Gasteiger partial charge in [0.1, 0.15) is 5.82 Å². The standard InChI is InChI=1S/C22H28N4O2/c1-17(2)22(28)26-12-6-11-25(13-14-26)20-10-9-19(16-23-20)24-21(27)15-18-7-4-3-5-8-18/h3-5,7-10,16-17H,6,11-15H2,1-2H3,(H,24,27). The summed E-state index contributed by atoms with van der Waals surface area (Å²) in [6, 6.07) is 13.5. The average molecular weight is 380 g/mol. The molecule has 1 fully saturated rings. The fraction of sp³-hybridized carbons (Fsp3) is 0.409. The molecule has 3 rings (SSSR count). The van der Waals surface area contributed by atoms with Crippen LogP contribution in [0.5, 0.6) is 0 Å². The third-order valence-electron chi connectivity index (χ3n) is 4.86. The molecule has 28 heavy (non-hydrogen) atoms. The van der Waals surface area contributed by atoms with Gasteiger partial charge in [-0.2, -0.15) is 0 Å². The predicted octanol–water partition coefficient (Wildman–Crippen LogP) is 2.96. The Morgan fingerprint density at radius 1 is 1.04 bits per heavy atom. The number of pyridine rings is 1. The van der Waals surface area contributed by atoms with Crippen molar-refractivity contribution in [2.24, 2.45) is 5.92 Å². The second-order valence-electron chi connectivity index (χ2n) is 7.44. The smallest absolute Gasteiger partial charge is 0.228 e. The van der Waals surface area contributed by atoms with Crippen molar-refractivity contribution < 1.29 is 9.59 Å². The highest BCUT2D eigenvalue weighted by Gasteiger charge is 2.21. The zero-order valence-corrected chi connectivity index (χ0v) is 16.6. The summed E-state index contributed by atoms with van der Waals surface area (Å²) in [5, 5.41) is 2.89. The van der Waals surface area contributed by atoms with E-state index in [-0.39, 0.29) is 17.7 Å². The van der Waals surface area contributed by atoms with Crippen LogP contribution in [-0.4, -0.2) is 47.9 Å². The van der Waals surface area contributed by atoms with Crippen molar-refractivity contribution in [2.75, 3.05) is 36.4 Å². The maximum Gasteiger partial charge on any atom is 0.228 e. The van der Waals surface area contributed by atoms with E-state index in [0.717, 1.165) is 37.4 Å². The number of benzene rings is 1. The van der Waals surface area contributed by atoms with Crippen LogP contribution in [0.1, 0.15) is 25.8 Å². The van der Waals surface area contributed by atoms with Crippen LogP contribution in [0.15, 0.2) is 48.7 Å². The maximum atomic E-state index is 12.2. The van der Waals surface area contributed by atoms with Gasteiger partial charge in [0.2, 0.25) is 11.8 Å². The first-order valence-corrected chi connectivity index (χ1v) is 9.86. The Labute approximate surface area is 166 Å². The van der Waals surface area contributed by atoms with Gasteiger partial charge in [0.25, 0.3) is 0 Å². The molecule has 2 amide bonds. The minimum Gasteiger partial charge on any atom is -0.355 e. The van der Waals surface area contributed by atoms with Crippen molar-refractivity contribution in [2.45, 2.75) is 26.7 Å². The number of carbonyl (C=O) groups is 2. The lowest BCUT2D eigenvalue weighted by molar-refractivity contribution is -0.134. The number of hydrogen-bond donors (Lipinski definition) is 1.